The van der Waals surface area contributed by atoms with Crippen molar-refractivity contribution in [2.75, 3.05) is 13.3 Å². The highest BCUT2D eigenvalue weighted by Crippen LogP contribution is 2.42. The van der Waals surface area contributed by atoms with Gasteiger partial charge in [0.05, 0.1) is 6.54 Å². The maximum Gasteiger partial charge on any atom is 0.325 e. The number of benzene rings is 1. The largest absolute Gasteiger partial charge is 0.454 e. The van der Waals surface area contributed by atoms with Crippen molar-refractivity contribution < 1.29 is 23.9 Å². The maximum absolute atomic E-state index is 13.2. The van der Waals surface area contributed by atoms with Gasteiger partial charge in [0.2, 0.25) is 6.79 Å². The number of rotatable bonds is 3. The predicted octanol–water partition coefficient (Wildman–Crippen LogP) is 2.44. The first-order chi connectivity index (χ1) is 13.1. The van der Waals surface area contributed by atoms with Gasteiger partial charge in [-0.1, -0.05) is 0 Å². The average Bonchev–Trinajstić information content (AvgIpc) is 3.37. The minimum Gasteiger partial charge on any atom is -0.454 e. The third-order valence-corrected chi connectivity index (χ3v) is 6.31. The lowest BCUT2D eigenvalue weighted by Gasteiger charge is -2.31. The number of urea groups is 1. The molecular formula is C19H16N2O5S. The summed E-state index contributed by atoms with van der Waals surface area (Å²) in [6.45, 7) is -0.184. The lowest BCUT2D eigenvalue weighted by atomic mass is 9.80. The number of imide groups is 1. The third-order valence-electron chi connectivity index (χ3n) is 5.33. The summed E-state index contributed by atoms with van der Waals surface area (Å²) in [7, 11) is 0. The maximum atomic E-state index is 13.2. The number of amides is 3. The Balaban J connectivity index is 1.41. The second kappa shape index (κ2) is 5.82. The fourth-order valence-electron chi connectivity index (χ4n) is 3.99. The molecule has 0 radical (unpaired) electrons. The summed E-state index contributed by atoms with van der Waals surface area (Å²) in [6, 6.07) is 6.23. The molecule has 1 aliphatic carbocycles. The van der Waals surface area contributed by atoms with Crippen LogP contribution >= 0.6 is 11.3 Å². The molecule has 1 spiro atoms. The number of carbonyl (C=O) groups is 3. The SMILES string of the molecule is O=C(CN1C(=O)NC2(CCCc3sccc32)C1=O)c1ccc2c(c1)OCO2. The molecule has 1 aromatic carbocycles. The van der Waals surface area contributed by atoms with Gasteiger partial charge in [0.1, 0.15) is 5.54 Å². The van der Waals surface area contributed by atoms with Crippen LogP contribution in [0.4, 0.5) is 4.79 Å². The Hall–Kier alpha value is -2.87. The molecule has 8 heteroatoms. The summed E-state index contributed by atoms with van der Waals surface area (Å²) in [6.07, 6.45) is 2.29. The summed E-state index contributed by atoms with van der Waals surface area (Å²) in [5, 5.41) is 4.80. The fraction of sp³-hybridized carbons (Fsp3) is 0.316. The van der Waals surface area contributed by atoms with Crippen molar-refractivity contribution in [3.63, 3.8) is 0 Å². The number of Topliss-reactive ketones (excluding diaryl/α,β-unsaturated/α-hetero) is 1. The summed E-state index contributed by atoms with van der Waals surface area (Å²) in [5.74, 6) is 0.397. The van der Waals surface area contributed by atoms with Crippen LogP contribution < -0.4 is 14.8 Å². The summed E-state index contributed by atoms with van der Waals surface area (Å²) >= 11 is 1.60. The van der Waals surface area contributed by atoms with E-state index in [9.17, 15) is 14.4 Å². The van der Waals surface area contributed by atoms with Crippen LogP contribution in [-0.2, 0) is 16.8 Å². The Labute approximate surface area is 158 Å². The summed E-state index contributed by atoms with van der Waals surface area (Å²) in [5.41, 5.74) is 0.218. The van der Waals surface area contributed by atoms with Gasteiger partial charge in [-0.25, -0.2) is 4.79 Å². The van der Waals surface area contributed by atoms with E-state index >= 15 is 0 Å². The first-order valence-corrected chi connectivity index (χ1v) is 9.60. The number of ketones is 1. The van der Waals surface area contributed by atoms with Crippen LogP contribution in [0.15, 0.2) is 29.6 Å². The van der Waals surface area contributed by atoms with Gasteiger partial charge in [0, 0.05) is 16.0 Å². The number of ether oxygens (including phenoxy) is 2. The monoisotopic (exact) mass is 384 g/mol. The smallest absolute Gasteiger partial charge is 0.325 e. The van der Waals surface area contributed by atoms with Crippen molar-refractivity contribution in [1.82, 2.24) is 10.2 Å². The van der Waals surface area contributed by atoms with E-state index < -0.39 is 11.6 Å². The van der Waals surface area contributed by atoms with Crippen molar-refractivity contribution in [2.24, 2.45) is 0 Å². The van der Waals surface area contributed by atoms with E-state index in [0.717, 1.165) is 28.2 Å². The molecule has 0 bridgehead atoms. The van der Waals surface area contributed by atoms with Crippen molar-refractivity contribution in [3.8, 4) is 11.5 Å². The van der Waals surface area contributed by atoms with Crippen LogP contribution in [-0.4, -0.2) is 36.0 Å². The van der Waals surface area contributed by atoms with Gasteiger partial charge in [-0.3, -0.25) is 14.5 Å². The van der Waals surface area contributed by atoms with E-state index in [4.69, 9.17) is 9.47 Å². The van der Waals surface area contributed by atoms with Crippen molar-refractivity contribution in [2.45, 2.75) is 24.8 Å². The molecule has 3 aliphatic rings. The second-order valence-corrected chi connectivity index (χ2v) is 7.83. The normalized spacial score (nSPS) is 22.9. The van der Waals surface area contributed by atoms with Gasteiger partial charge in [-0.15, -0.1) is 11.3 Å². The Morgan fingerprint density at radius 2 is 2.07 bits per heavy atom. The van der Waals surface area contributed by atoms with Crippen LogP contribution in [0.2, 0.25) is 0 Å². The quantitative estimate of drug-likeness (QED) is 0.649. The molecule has 1 atom stereocenters. The van der Waals surface area contributed by atoms with Gasteiger partial charge in [0.15, 0.2) is 17.3 Å². The van der Waals surface area contributed by atoms with E-state index in [1.165, 1.54) is 0 Å². The number of hydrogen-bond acceptors (Lipinski definition) is 6. The number of carbonyl (C=O) groups excluding carboxylic acids is 3. The number of aryl methyl sites for hydroxylation is 1. The highest BCUT2D eigenvalue weighted by Gasteiger charge is 2.54. The lowest BCUT2D eigenvalue weighted by molar-refractivity contribution is -0.131. The molecule has 0 saturated carbocycles. The average molecular weight is 384 g/mol. The van der Waals surface area contributed by atoms with Crippen molar-refractivity contribution in [3.05, 3.63) is 45.6 Å². The Kier molecular flexibility index (Phi) is 3.51. The zero-order valence-electron chi connectivity index (χ0n) is 14.3. The van der Waals surface area contributed by atoms with Crippen molar-refractivity contribution >= 4 is 29.1 Å². The Morgan fingerprint density at radius 3 is 2.96 bits per heavy atom. The van der Waals surface area contributed by atoms with Gasteiger partial charge in [-0.05, 0) is 48.9 Å². The Bertz CT molecular complexity index is 984. The first-order valence-electron chi connectivity index (χ1n) is 8.72. The zero-order valence-corrected chi connectivity index (χ0v) is 15.1. The van der Waals surface area contributed by atoms with Crippen LogP contribution in [0, 0.1) is 0 Å². The summed E-state index contributed by atoms with van der Waals surface area (Å²) < 4.78 is 10.5. The number of thiophene rings is 1. The molecule has 5 rings (SSSR count). The van der Waals surface area contributed by atoms with Crippen LogP contribution in [0.5, 0.6) is 11.5 Å². The van der Waals surface area contributed by atoms with E-state index in [2.05, 4.69) is 5.32 Å². The molecule has 1 unspecified atom stereocenters. The lowest BCUT2D eigenvalue weighted by Crippen LogP contribution is -2.46. The molecule has 3 heterocycles. The van der Waals surface area contributed by atoms with Crippen molar-refractivity contribution in [1.29, 1.82) is 0 Å². The molecule has 1 N–H and O–H groups in total. The number of hydrogen-bond donors (Lipinski definition) is 1. The van der Waals surface area contributed by atoms with E-state index in [0.29, 0.717) is 23.5 Å². The topological polar surface area (TPSA) is 84.9 Å². The Morgan fingerprint density at radius 1 is 1.22 bits per heavy atom. The molecule has 1 aromatic heterocycles. The highest BCUT2D eigenvalue weighted by atomic mass is 32.1. The van der Waals surface area contributed by atoms with Gasteiger partial charge >= 0.3 is 6.03 Å². The molecule has 3 amide bonds. The highest BCUT2D eigenvalue weighted by molar-refractivity contribution is 7.10. The molecular weight excluding hydrogens is 368 g/mol. The van der Waals surface area contributed by atoms with Crippen LogP contribution in [0.25, 0.3) is 0 Å². The molecule has 7 nitrogen and oxygen atoms in total. The van der Waals surface area contributed by atoms with Crippen LogP contribution in [0.1, 0.15) is 33.6 Å². The number of nitrogens with one attached hydrogen (secondary N) is 1. The van der Waals surface area contributed by atoms with Gasteiger partial charge in [-0.2, -0.15) is 0 Å². The molecule has 2 aliphatic heterocycles. The molecule has 138 valence electrons. The molecule has 27 heavy (non-hydrogen) atoms. The minimum atomic E-state index is -1.03. The number of fused-ring (bicyclic) bond motifs is 3. The predicted molar refractivity (Wildman–Crippen MR) is 96.1 cm³/mol. The molecule has 1 saturated heterocycles. The van der Waals surface area contributed by atoms with E-state index in [-0.39, 0.29) is 25.0 Å². The molecule has 2 aromatic rings. The first kappa shape index (κ1) is 16.3. The second-order valence-electron chi connectivity index (χ2n) is 6.83. The minimum absolute atomic E-state index is 0.117. The molecule has 1 fully saturated rings. The van der Waals surface area contributed by atoms with E-state index in [1.54, 1.807) is 29.5 Å². The fourth-order valence-corrected chi connectivity index (χ4v) is 4.99. The van der Waals surface area contributed by atoms with E-state index in [1.807, 2.05) is 11.4 Å². The number of nitrogens with zero attached hydrogens (tertiary/aromatic N) is 1. The van der Waals surface area contributed by atoms with Gasteiger partial charge in [0.25, 0.3) is 5.91 Å². The van der Waals surface area contributed by atoms with Gasteiger partial charge < -0.3 is 14.8 Å². The van der Waals surface area contributed by atoms with Crippen LogP contribution in [0.3, 0.4) is 0 Å². The standard InChI is InChI=1S/C19H16N2O5S/c22-13(11-3-4-14-15(8-11)26-10-25-14)9-21-17(23)19(20-18(21)24)6-1-2-16-12(19)5-7-27-16/h3-5,7-8H,1-2,6,9-10H2,(H,20,24). The summed E-state index contributed by atoms with van der Waals surface area (Å²) in [4.78, 5) is 40.5. The third kappa shape index (κ3) is 2.36. The zero-order chi connectivity index (χ0) is 18.6.